The first-order valence-corrected chi connectivity index (χ1v) is 10.5. The largest absolute Gasteiger partial charge is 0.338 e. The first kappa shape index (κ1) is 18.9. The van der Waals surface area contributed by atoms with Crippen molar-refractivity contribution in [2.75, 3.05) is 26.2 Å². The Bertz CT molecular complexity index is 904. The first-order valence-electron chi connectivity index (χ1n) is 9.62. The second-order valence-corrected chi connectivity index (χ2v) is 8.18. The van der Waals surface area contributed by atoms with Crippen LogP contribution in [0.15, 0.2) is 60.1 Å². The van der Waals surface area contributed by atoms with Crippen LogP contribution in [0.25, 0.3) is 0 Å². The number of hydrogen-bond acceptors (Lipinski definition) is 3. The molecule has 0 N–H and O–H groups in total. The van der Waals surface area contributed by atoms with Gasteiger partial charge in [-0.25, -0.2) is 4.39 Å². The molecule has 0 spiro atoms. The number of halogens is 1. The lowest BCUT2D eigenvalue weighted by atomic mass is 10.2. The summed E-state index contributed by atoms with van der Waals surface area (Å²) < 4.78 is 15.1. The van der Waals surface area contributed by atoms with E-state index in [9.17, 15) is 9.18 Å². The van der Waals surface area contributed by atoms with Crippen LogP contribution in [0.5, 0.6) is 0 Å². The lowest BCUT2D eigenvalue weighted by Crippen LogP contribution is -2.36. The van der Waals surface area contributed by atoms with Gasteiger partial charge in [0.2, 0.25) is 0 Å². The molecule has 1 aliphatic heterocycles. The maximum atomic E-state index is 13.1. The number of amides is 1. The topological polar surface area (TPSA) is 28.5 Å². The Balaban J connectivity index is 1.38. The molecule has 4 rings (SSSR count). The first-order chi connectivity index (χ1) is 13.7. The number of rotatable bonds is 5. The summed E-state index contributed by atoms with van der Waals surface area (Å²) in [5, 5.41) is 2.06. The highest BCUT2D eigenvalue weighted by atomic mass is 32.1. The Hall–Kier alpha value is -2.44. The van der Waals surface area contributed by atoms with Gasteiger partial charge >= 0.3 is 0 Å². The minimum absolute atomic E-state index is 0.102. The highest BCUT2D eigenvalue weighted by Crippen LogP contribution is 2.16. The predicted molar refractivity (Wildman–Crippen MR) is 110 cm³/mol. The standard InChI is InChI=1S/C22H24FN3OS/c23-19-8-6-18(7-9-19)16-24-10-3-12-25(14-13-24)22(27)21-5-1-11-26(21)17-20-4-2-15-28-20/h1-2,4-9,11,15H,3,10,12-14,16-17H2. The number of aromatic nitrogens is 1. The zero-order valence-electron chi connectivity index (χ0n) is 15.8. The molecule has 0 unspecified atom stereocenters. The number of carbonyl (C=O) groups excluding carboxylic acids is 1. The molecule has 1 fully saturated rings. The van der Waals surface area contributed by atoms with Crippen LogP contribution in [-0.4, -0.2) is 46.5 Å². The predicted octanol–water partition coefficient (Wildman–Crippen LogP) is 4.09. The molecule has 0 saturated carbocycles. The smallest absolute Gasteiger partial charge is 0.270 e. The van der Waals surface area contributed by atoms with Crippen molar-refractivity contribution in [1.29, 1.82) is 0 Å². The summed E-state index contributed by atoms with van der Waals surface area (Å²) in [6, 6.07) is 14.7. The van der Waals surface area contributed by atoms with Crippen LogP contribution < -0.4 is 0 Å². The Labute approximate surface area is 168 Å². The van der Waals surface area contributed by atoms with Crippen LogP contribution in [0, 0.1) is 5.82 Å². The van der Waals surface area contributed by atoms with Crippen LogP contribution in [0.4, 0.5) is 4.39 Å². The van der Waals surface area contributed by atoms with E-state index >= 15 is 0 Å². The molecule has 1 saturated heterocycles. The number of hydrogen-bond donors (Lipinski definition) is 0. The van der Waals surface area contributed by atoms with Crippen molar-refractivity contribution in [2.45, 2.75) is 19.5 Å². The molecule has 1 aromatic carbocycles. The molecular weight excluding hydrogens is 373 g/mol. The van der Waals surface area contributed by atoms with Gasteiger partial charge in [0.05, 0.1) is 6.54 Å². The Morgan fingerprint density at radius 2 is 1.82 bits per heavy atom. The average Bonchev–Trinajstić information content (AvgIpc) is 3.32. The van der Waals surface area contributed by atoms with Gasteiger partial charge in [0, 0.05) is 43.8 Å². The van der Waals surface area contributed by atoms with E-state index in [4.69, 9.17) is 0 Å². The van der Waals surface area contributed by atoms with E-state index in [0.717, 1.165) is 50.4 Å². The Morgan fingerprint density at radius 3 is 2.61 bits per heavy atom. The minimum Gasteiger partial charge on any atom is -0.338 e. The fourth-order valence-corrected chi connectivity index (χ4v) is 4.36. The van der Waals surface area contributed by atoms with Crippen molar-refractivity contribution < 1.29 is 9.18 Å². The third kappa shape index (κ3) is 4.51. The number of nitrogens with zero attached hydrogens (tertiary/aromatic N) is 3. The molecule has 0 bridgehead atoms. The SMILES string of the molecule is O=C(c1cccn1Cc1cccs1)N1CCCN(Cc2ccc(F)cc2)CC1. The zero-order chi connectivity index (χ0) is 19.3. The van der Waals surface area contributed by atoms with Crippen molar-refractivity contribution in [3.05, 3.63) is 82.1 Å². The molecule has 0 radical (unpaired) electrons. The van der Waals surface area contributed by atoms with Gasteiger partial charge in [-0.3, -0.25) is 9.69 Å². The van der Waals surface area contributed by atoms with Gasteiger partial charge in [0.1, 0.15) is 11.5 Å². The molecule has 1 amide bonds. The molecular formula is C22H24FN3OS. The minimum atomic E-state index is -0.207. The van der Waals surface area contributed by atoms with Gasteiger partial charge in [-0.2, -0.15) is 0 Å². The number of benzene rings is 1. The van der Waals surface area contributed by atoms with Crippen LogP contribution in [-0.2, 0) is 13.1 Å². The molecule has 6 heteroatoms. The normalized spacial score (nSPS) is 15.5. The van der Waals surface area contributed by atoms with E-state index < -0.39 is 0 Å². The maximum absolute atomic E-state index is 13.1. The van der Waals surface area contributed by atoms with Crippen LogP contribution in [0.3, 0.4) is 0 Å². The third-order valence-corrected chi connectivity index (χ3v) is 6.01. The average molecular weight is 398 g/mol. The quantitative estimate of drug-likeness (QED) is 0.649. The summed E-state index contributed by atoms with van der Waals surface area (Å²) in [6.07, 6.45) is 2.92. The van der Waals surface area contributed by atoms with E-state index in [-0.39, 0.29) is 11.7 Å². The molecule has 146 valence electrons. The van der Waals surface area contributed by atoms with Gasteiger partial charge < -0.3 is 9.47 Å². The Morgan fingerprint density at radius 1 is 0.964 bits per heavy atom. The highest BCUT2D eigenvalue weighted by Gasteiger charge is 2.22. The van der Waals surface area contributed by atoms with Crippen molar-refractivity contribution in [2.24, 2.45) is 0 Å². The third-order valence-electron chi connectivity index (χ3n) is 5.15. The van der Waals surface area contributed by atoms with Gasteiger partial charge in [0.25, 0.3) is 5.91 Å². The van der Waals surface area contributed by atoms with Gasteiger partial charge in [-0.1, -0.05) is 18.2 Å². The molecule has 2 aromatic heterocycles. The van der Waals surface area contributed by atoms with E-state index in [1.807, 2.05) is 46.0 Å². The number of thiophene rings is 1. The molecule has 3 heterocycles. The summed E-state index contributed by atoms with van der Waals surface area (Å²) >= 11 is 1.71. The lowest BCUT2D eigenvalue weighted by molar-refractivity contribution is 0.0751. The van der Waals surface area contributed by atoms with Crippen LogP contribution in [0.1, 0.15) is 27.3 Å². The van der Waals surface area contributed by atoms with Crippen LogP contribution >= 0.6 is 11.3 Å². The van der Waals surface area contributed by atoms with Gasteiger partial charge in [0.15, 0.2) is 0 Å². The molecule has 1 aliphatic rings. The van der Waals surface area contributed by atoms with Crippen molar-refractivity contribution >= 4 is 17.2 Å². The van der Waals surface area contributed by atoms with Gasteiger partial charge in [-0.15, -0.1) is 11.3 Å². The monoisotopic (exact) mass is 397 g/mol. The van der Waals surface area contributed by atoms with Crippen molar-refractivity contribution in [3.8, 4) is 0 Å². The summed E-state index contributed by atoms with van der Waals surface area (Å²) in [5.74, 6) is -0.105. The maximum Gasteiger partial charge on any atom is 0.270 e. The second kappa shape index (κ2) is 8.71. The van der Waals surface area contributed by atoms with Gasteiger partial charge in [-0.05, 0) is 47.7 Å². The van der Waals surface area contributed by atoms with E-state index in [0.29, 0.717) is 6.54 Å². The molecule has 0 aliphatic carbocycles. The molecule has 3 aromatic rings. The summed E-state index contributed by atoms with van der Waals surface area (Å²) in [5.41, 5.74) is 1.85. The molecule has 28 heavy (non-hydrogen) atoms. The van der Waals surface area contributed by atoms with Crippen molar-refractivity contribution in [3.63, 3.8) is 0 Å². The zero-order valence-corrected chi connectivity index (χ0v) is 16.6. The molecule has 0 atom stereocenters. The summed E-state index contributed by atoms with van der Waals surface area (Å²) in [4.78, 5) is 18.7. The Kier molecular flexibility index (Phi) is 5.88. The molecule has 4 nitrogen and oxygen atoms in total. The number of carbonyl (C=O) groups is 1. The van der Waals surface area contributed by atoms with E-state index in [2.05, 4.69) is 16.3 Å². The van der Waals surface area contributed by atoms with E-state index in [1.54, 1.807) is 11.3 Å². The summed E-state index contributed by atoms with van der Waals surface area (Å²) in [6.45, 7) is 4.77. The van der Waals surface area contributed by atoms with Crippen LogP contribution in [0.2, 0.25) is 0 Å². The lowest BCUT2D eigenvalue weighted by Gasteiger charge is -2.22. The highest BCUT2D eigenvalue weighted by molar-refractivity contribution is 7.09. The summed E-state index contributed by atoms with van der Waals surface area (Å²) in [7, 11) is 0. The van der Waals surface area contributed by atoms with Crippen molar-refractivity contribution in [1.82, 2.24) is 14.4 Å². The fraction of sp³-hybridized carbons (Fsp3) is 0.318. The fourth-order valence-electron chi connectivity index (χ4n) is 3.66. The second-order valence-electron chi connectivity index (χ2n) is 7.15. The van der Waals surface area contributed by atoms with E-state index in [1.165, 1.54) is 17.0 Å².